The van der Waals surface area contributed by atoms with Gasteiger partial charge in [-0.2, -0.15) is 0 Å². The van der Waals surface area contributed by atoms with Gasteiger partial charge in [-0.25, -0.2) is 4.98 Å². The second-order valence-corrected chi connectivity index (χ2v) is 3.67. The van der Waals surface area contributed by atoms with E-state index in [4.69, 9.17) is 15.9 Å². The average molecular weight is 242 g/mol. The summed E-state index contributed by atoms with van der Waals surface area (Å²) in [5.74, 6) is 1.34. The predicted octanol–water partition coefficient (Wildman–Crippen LogP) is 2.12. The fourth-order valence-corrected chi connectivity index (χ4v) is 1.53. The molecule has 1 aromatic heterocycles. The smallest absolute Gasteiger partial charge is 0.141 e. The molecule has 0 fully saturated rings. The van der Waals surface area contributed by atoms with Gasteiger partial charge in [-0.05, 0) is 36.4 Å². The first-order valence-corrected chi connectivity index (χ1v) is 5.41. The van der Waals surface area contributed by atoms with Crippen molar-refractivity contribution in [2.75, 3.05) is 12.4 Å². The minimum Gasteiger partial charge on any atom is -0.497 e. The molecule has 0 amide bonds. The van der Waals surface area contributed by atoms with Gasteiger partial charge in [0, 0.05) is 11.9 Å². The predicted molar refractivity (Wildman–Crippen MR) is 71.5 cm³/mol. The van der Waals surface area contributed by atoms with Crippen molar-refractivity contribution in [3.63, 3.8) is 0 Å². The van der Waals surface area contributed by atoms with Crippen LogP contribution >= 0.6 is 0 Å². The number of nitrogens with two attached hydrogens (primary N) is 1. The molecule has 1 aromatic carbocycles. The summed E-state index contributed by atoms with van der Waals surface area (Å²) in [6.07, 6.45) is 1.65. The molecule has 0 radical (unpaired) electrons. The Hall–Kier alpha value is -2.56. The van der Waals surface area contributed by atoms with E-state index in [1.807, 2.05) is 24.3 Å². The van der Waals surface area contributed by atoms with Crippen molar-refractivity contribution in [3.05, 3.63) is 48.2 Å². The van der Waals surface area contributed by atoms with Gasteiger partial charge in [0.15, 0.2) is 0 Å². The molecule has 4 N–H and O–H groups in total. The van der Waals surface area contributed by atoms with E-state index >= 15 is 0 Å². The van der Waals surface area contributed by atoms with Gasteiger partial charge in [0.05, 0.1) is 12.7 Å². The van der Waals surface area contributed by atoms with Gasteiger partial charge in [-0.3, -0.25) is 5.41 Å². The summed E-state index contributed by atoms with van der Waals surface area (Å²) in [5.41, 5.74) is 6.93. The summed E-state index contributed by atoms with van der Waals surface area (Å²) in [5, 5.41) is 10.6. The molecule has 1 heterocycles. The van der Waals surface area contributed by atoms with Crippen LogP contribution in [0.5, 0.6) is 5.75 Å². The largest absolute Gasteiger partial charge is 0.497 e. The van der Waals surface area contributed by atoms with Crippen LogP contribution in [0.1, 0.15) is 5.56 Å². The number of hydrogen-bond donors (Lipinski definition) is 3. The molecule has 2 aromatic rings. The summed E-state index contributed by atoms with van der Waals surface area (Å²) in [7, 11) is 1.62. The first-order chi connectivity index (χ1) is 8.70. The van der Waals surface area contributed by atoms with Crippen molar-refractivity contribution in [1.82, 2.24) is 4.98 Å². The maximum Gasteiger partial charge on any atom is 0.141 e. The maximum atomic E-state index is 7.48. The van der Waals surface area contributed by atoms with E-state index in [9.17, 15) is 0 Å². The number of pyridine rings is 1. The van der Waals surface area contributed by atoms with Crippen LogP contribution in [0.15, 0.2) is 42.6 Å². The van der Waals surface area contributed by atoms with E-state index in [-0.39, 0.29) is 5.84 Å². The lowest BCUT2D eigenvalue weighted by Crippen LogP contribution is -2.14. The first-order valence-electron chi connectivity index (χ1n) is 5.41. The molecule has 5 heteroatoms. The summed E-state index contributed by atoms with van der Waals surface area (Å²) >= 11 is 0. The van der Waals surface area contributed by atoms with Crippen LogP contribution in [0.3, 0.4) is 0 Å². The quantitative estimate of drug-likeness (QED) is 0.566. The van der Waals surface area contributed by atoms with E-state index < -0.39 is 0 Å². The summed E-state index contributed by atoms with van der Waals surface area (Å²) < 4.78 is 5.08. The number of benzene rings is 1. The summed E-state index contributed by atoms with van der Waals surface area (Å²) in [6, 6.07) is 10.9. The Labute approximate surface area is 105 Å². The molecule has 0 aliphatic heterocycles. The monoisotopic (exact) mass is 242 g/mol. The van der Waals surface area contributed by atoms with E-state index in [0.717, 1.165) is 11.4 Å². The fraction of sp³-hybridized carbons (Fsp3) is 0.0769. The van der Waals surface area contributed by atoms with Gasteiger partial charge in [0.25, 0.3) is 0 Å². The zero-order valence-electron chi connectivity index (χ0n) is 9.97. The van der Waals surface area contributed by atoms with Crippen molar-refractivity contribution in [2.24, 2.45) is 5.73 Å². The molecule has 0 saturated heterocycles. The molecule has 18 heavy (non-hydrogen) atoms. The third kappa shape index (κ3) is 2.57. The highest BCUT2D eigenvalue weighted by Gasteiger charge is 2.06. The summed E-state index contributed by atoms with van der Waals surface area (Å²) in [4.78, 5) is 4.17. The van der Waals surface area contributed by atoms with E-state index in [0.29, 0.717) is 11.4 Å². The Balaban J connectivity index is 2.25. The third-order valence-electron chi connectivity index (χ3n) is 2.45. The SMILES string of the molecule is COc1ccc(Nc2ncccc2C(=N)N)cc1. The van der Waals surface area contributed by atoms with Gasteiger partial charge in [0.2, 0.25) is 0 Å². The van der Waals surface area contributed by atoms with E-state index in [1.165, 1.54) is 0 Å². The Morgan fingerprint density at radius 3 is 2.61 bits per heavy atom. The van der Waals surface area contributed by atoms with Crippen LogP contribution < -0.4 is 15.8 Å². The number of nitrogens with one attached hydrogen (secondary N) is 2. The lowest BCUT2D eigenvalue weighted by molar-refractivity contribution is 0.415. The second kappa shape index (κ2) is 5.18. The molecule has 0 unspecified atom stereocenters. The Morgan fingerprint density at radius 1 is 1.28 bits per heavy atom. The molecule has 5 nitrogen and oxygen atoms in total. The minimum atomic E-state index is -0.0147. The molecule has 0 saturated carbocycles. The number of ether oxygens (including phenoxy) is 1. The van der Waals surface area contributed by atoms with Crippen LogP contribution in [0.4, 0.5) is 11.5 Å². The van der Waals surface area contributed by atoms with Crippen molar-refractivity contribution >= 4 is 17.3 Å². The number of methoxy groups -OCH3 is 1. The Morgan fingerprint density at radius 2 is 2.00 bits per heavy atom. The van der Waals surface area contributed by atoms with Crippen LogP contribution in [-0.4, -0.2) is 17.9 Å². The molecule has 2 rings (SSSR count). The van der Waals surface area contributed by atoms with Crippen LogP contribution in [0.2, 0.25) is 0 Å². The van der Waals surface area contributed by atoms with Gasteiger partial charge in [-0.15, -0.1) is 0 Å². The van der Waals surface area contributed by atoms with E-state index in [1.54, 1.807) is 25.4 Å². The van der Waals surface area contributed by atoms with Gasteiger partial charge in [-0.1, -0.05) is 0 Å². The number of nitrogens with zero attached hydrogens (tertiary/aromatic N) is 1. The average Bonchev–Trinajstić information content (AvgIpc) is 2.40. The number of rotatable bonds is 4. The molecule has 92 valence electrons. The maximum absolute atomic E-state index is 7.48. The van der Waals surface area contributed by atoms with Gasteiger partial charge in [0.1, 0.15) is 17.4 Å². The van der Waals surface area contributed by atoms with Gasteiger partial charge < -0.3 is 15.8 Å². The van der Waals surface area contributed by atoms with Crippen LogP contribution in [0, 0.1) is 5.41 Å². The fourth-order valence-electron chi connectivity index (χ4n) is 1.53. The molecule has 0 aliphatic rings. The number of nitrogen functional groups attached to an aromatic ring is 1. The highest BCUT2D eigenvalue weighted by molar-refractivity contribution is 5.99. The zero-order chi connectivity index (χ0) is 13.0. The normalized spacial score (nSPS) is 9.83. The lowest BCUT2D eigenvalue weighted by Gasteiger charge is -2.10. The number of hydrogen-bond acceptors (Lipinski definition) is 4. The zero-order valence-corrected chi connectivity index (χ0v) is 9.97. The number of amidine groups is 1. The minimum absolute atomic E-state index is 0.0147. The molecule has 0 bridgehead atoms. The van der Waals surface area contributed by atoms with Crippen molar-refractivity contribution in [2.45, 2.75) is 0 Å². The van der Waals surface area contributed by atoms with Crippen LogP contribution in [0.25, 0.3) is 0 Å². The van der Waals surface area contributed by atoms with E-state index in [2.05, 4.69) is 10.3 Å². The van der Waals surface area contributed by atoms with Crippen molar-refractivity contribution in [3.8, 4) is 5.75 Å². The Kier molecular flexibility index (Phi) is 3.43. The van der Waals surface area contributed by atoms with Gasteiger partial charge >= 0.3 is 0 Å². The molecule has 0 atom stereocenters. The van der Waals surface area contributed by atoms with Crippen LogP contribution in [-0.2, 0) is 0 Å². The second-order valence-electron chi connectivity index (χ2n) is 3.67. The highest BCUT2D eigenvalue weighted by Crippen LogP contribution is 2.20. The number of anilines is 2. The topological polar surface area (TPSA) is 84.0 Å². The number of aromatic nitrogens is 1. The third-order valence-corrected chi connectivity index (χ3v) is 2.45. The molecular weight excluding hydrogens is 228 g/mol. The standard InChI is InChI=1S/C13H14N4O/c1-18-10-6-4-9(5-7-10)17-13-11(12(14)15)3-2-8-16-13/h2-8H,1H3,(H3,14,15)(H,16,17). The lowest BCUT2D eigenvalue weighted by atomic mass is 10.2. The molecular formula is C13H14N4O. The highest BCUT2D eigenvalue weighted by atomic mass is 16.5. The molecule has 0 spiro atoms. The molecule has 0 aliphatic carbocycles. The Bertz CT molecular complexity index is 551. The van der Waals surface area contributed by atoms with Crippen molar-refractivity contribution < 1.29 is 4.74 Å². The van der Waals surface area contributed by atoms with Crippen molar-refractivity contribution in [1.29, 1.82) is 5.41 Å². The summed E-state index contributed by atoms with van der Waals surface area (Å²) in [6.45, 7) is 0. The first kappa shape index (κ1) is 11.9.